The van der Waals surface area contributed by atoms with E-state index in [-0.39, 0.29) is 13.4 Å². The Labute approximate surface area is 380 Å². The van der Waals surface area contributed by atoms with Gasteiger partial charge in [-0.2, -0.15) is 10.0 Å². The van der Waals surface area contributed by atoms with Gasteiger partial charge in [-0.1, -0.05) is 215 Å². The molecule has 0 amide bonds. The quantitative estimate of drug-likeness (QED) is 0.140. The van der Waals surface area contributed by atoms with E-state index in [0.29, 0.717) is 0 Å². The van der Waals surface area contributed by atoms with E-state index in [0.717, 1.165) is 0 Å². The van der Waals surface area contributed by atoms with E-state index < -0.39 is 10.0 Å². The second kappa shape index (κ2) is 15.9. The molecule has 1 aliphatic rings. The SMILES string of the molecule is Cc1cc(C)c(B(c2ccc(-c3ccc4c5c(cccc35)S(C)(C)c3cc(B(c5c(C)cc(C)cc5C)c5c(C)cc(C)cc5C)ccc3-4)cc2)c2c(C)cc(C)cc2C)c(C)c1. The minimum atomic E-state index is -1.38. The van der Waals surface area contributed by atoms with Gasteiger partial charge in [0.1, 0.15) is 0 Å². The summed E-state index contributed by atoms with van der Waals surface area (Å²) in [5.41, 5.74) is 30.0. The van der Waals surface area contributed by atoms with Crippen molar-refractivity contribution in [2.45, 2.75) is 92.9 Å². The Morgan fingerprint density at radius 3 is 1.13 bits per heavy atom. The smallest absolute Gasteiger partial charge is 0.192 e. The summed E-state index contributed by atoms with van der Waals surface area (Å²) >= 11 is 0. The molecule has 0 atom stereocenters. The Hall–Kier alpha value is -5.50. The first-order valence-electron chi connectivity index (χ1n) is 22.8. The summed E-state index contributed by atoms with van der Waals surface area (Å²) in [6.45, 7) is 27.6. The second-order valence-corrected chi connectivity index (χ2v) is 23.2. The lowest BCUT2D eigenvalue weighted by Gasteiger charge is -2.40. The molecule has 9 rings (SSSR count). The van der Waals surface area contributed by atoms with Gasteiger partial charge in [0.15, 0.2) is 0 Å². The minimum absolute atomic E-state index is 0.145. The lowest BCUT2D eigenvalue weighted by atomic mass is 9.34. The highest BCUT2D eigenvalue weighted by atomic mass is 32.3. The maximum Gasteiger partial charge on any atom is 0.242 e. The summed E-state index contributed by atoms with van der Waals surface area (Å²) in [5, 5.41) is 2.76. The molecule has 63 heavy (non-hydrogen) atoms. The van der Waals surface area contributed by atoms with Crippen molar-refractivity contribution in [2.75, 3.05) is 12.5 Å². The molecule has 0 N–H and O–H groups in total. The van der Waals surface area contributed by atoms with Gasteiger partial charge in [0.2, 0.25) is 13.4 Å². The summed E-state index contributed by atoms with van der Waals surface area (Å²) in [7, 11) is -1.38. The van der Waals surface area contributed by atoms with Gasteiger partial charge in [0, 0.05) is 15.2 Å². The van der Waals surface area contributed by atoms with Gasteiger partial charge in [0.25, 0.3) is 0 Å². The lowest BCUT2D eigenvalue weighted by Crippen LogP contribution is -2.56. The Morgan fingerprint density at radius 1 is 0.333 bits per heavy atom. The molecular formula is C60H62B2S. The number of hydrogen-bond acceptors (Lipinski definition) is 0. The van der Waals surface area contributed by atoms with Gasteiger partial charge in [-0.25, -0.2) is 0 Å². The maximum absolute atomic E-state index is 2.60. The van der Waals surface area contributed by atoms with E-state index in [1.807, 2.05) is 0 Å². The summed E-state index contributed by atoms with van der Waals surface area (Å²) in [6, 6.07) is 47.9. The van der Waals surface area contributed by atoms with Gasteiger partial charge >= 0.3 is 0 Å². The van der Waals surface area contributed by atoms with Crippen molar-refractivity contribution in [3.63, 3.8) is 0 Å². The maximum atomic E-state index is 2.60. The second-order valence-electron chi connectivity index (χ2n) is 19.7. The zero-order valence-corrected chi connectivity index (χ0v) is 40.9. The number of benzene rings is 8. The van der Waals surface area contributed by atoms with Crippen LogP contribution in [0.2, 0.25) is 0 Å². The van der Waals surface area contributed by atoms with Gasteiger partial charge in [0.05, 0.1) is 0 Å². The van der Waals surface area contributed by atoms with Crippen LogP contribution in [0.3, 0.4) is 0 Å². The fraction of sp³-hybridized carbons (Fsp3) is 0.233. The molecule has 1 aliphatic heterocycles. The van der Waals surface area contributed by atoms with Crippen molar-refractivity contribution in [1.29, 1.82) is 0 Å². The monoisotopic (exact) mass is 836 g/mol. The fourth-order valence-corrected chi connectivity index (χ4v) is 14.7. The van der Waals surface area contributed by atoms with Gasteiger partial charge in [-0.05, 0) is 129 Å². The number of hydrogen-bond donors (Lipinski definition) is 0. The summed E-state index contributed by atoms with van der Waals surface area (Å²) in [4.78, 5) is 2.97. The molecule has 0 radical (unpaired) electrons. The lowest BCUT2D eigenvalue weighted by molar-refractivity contribution is 1.33. The predicted octanol–water partition coefficient (Wildman–Crippen LogP) is 11.7. The first-order chi connectivity index (χ1) is 29.9. The number of aryl methyl sites for hydroxylation is 12. The Morgan fingerprint density at radius 2 is 0.698 bits per heavy atom. The predicted molar refractivity (Wildman–Crippen MR) is 283 cm³/mol. The van der Waals surface area contributed by atoms with Gasteiger partial charge in [-0.3, -0.25) is 0 Å². The molecule has 0 unspecified atom stereocenters. The normalized spacial score (nSPS) is 13.2. The Bertz CT molecular complexity index is 2960. The molecule has 0 aromatic heterocycles. The van der Waals surface area contributed by atoms with Crippen molar-refractivity contribution >= 4 is 67.0 Å². The van der Waals surface area contributed by atoms with E-state index in [2.05, 4.69) is 217 Å². The van der Waals surface area contributed by atoms with Crippen LogP contribution in [0.4, 0.5) is 0 Å². The molecule has 0 fully saturated rings. The van der Waals surface area contributed by atoms with Crippen LogP contribution in [0.15, 0.2) is 131 Å². The zero-order valence-electron chi connectivity index (χ0n) is 40.1. The van der Waals surface area contributed by atoms with E-state index >= 15 is 0 Å². The molecule has 1 heterocycles. The molecule has 314 valence electrons. The van der Waals surface area contributed by atoms with E-state index in [1.54, 1.807) is 0 Å². The molecule has 3 heteroatoms. The first kappa shape index (κ1) is 42.8. The van der Waals surface area contributed by atoms with Crippen molar-refractivity contribution < 1.29 is 0 Å². The zero-order chi connectivity index (χ0) is 44.8. The summed E-state index contributed by atoms with van der Waals surface area (Å²) in [6.07, 6.45) is 5.05. The van der Waals surface area contributed by atoms with Gasteiger partial charge < -0.3 is 0 Å². The average Bonchev–Trinajstić information content (AvgIpc) is 3.20. The minimum Gasteiger partial charge on any atom is -0.192 e. The van der Waals surface area contributed by atoms with Crippen molar-refractivity contribution in [3.8, 4) is 22.3 Å². The largest absolute Gasteiger partial charge is 0.242 e. The van der Waals surface area contributed by atoms with E-state index in [9.17, 15) is 0 Å². The van der Waals surface area contributed by atoms with E-state index in [4.69, 9.17) is 0 Å². The summed E-state index contributed by atoms with van der Waals surface area (Å²) < 4.78 is 0. The molecule has 0 bridgehead atoms. The Kier molecular flexibility index (Phi) is 10.8. The standard InChI is InChI=1S/C60H62B2S/c1-35-26-39(5)57(40(6)27-35)61(58-41(7)28-36(2)29-42(58)8)48-20-18-47(19-21-48)50-24-25-53-51-23-22-49(34-55(51)63(13,14)54-17-15-16-52(50)56(53)54)62(59-43(9)30-37(3)31-44(59)10)60-45(11)32-38(4)33-46(60)12/h15-34H,1-14H3. The summed E-state index contributed by atoms with van der Waals surface area (Å²) in [5.74, 6) is 0. The first-order valence-corrected chi connectivity index (χ1v) is 25.2. The van der Waals surface area contributed by atoms with Crippen LogP contribution in [0.5, 0.6) is 0 Å². The third-order valence-corrected chi connectivity index (χ3v) is 17.3. The highest BCUT2D eigenvalue weighted by molar-refractivity contribution is 8.33. The van der Waals surface area contributed by atoms with Crippen LogP contribution in [-0.4, -0.2) is 25.9 Å². The number of fused-ring (bicyclic) bond motifs is 2. The molecule has 0 saturated heterocycles. The van der Waals surface area contributed by atoms with Crippen LogP contribution in [0.1, 0.15) is 66.8 Å². The molecule has 0 saturated carbocycles. The molecule has 0 aliphatic carbocycles. The topological polar surface area (TPSA) is 0 Å². The third kappa shape index (κ3) is 7.22. The van der Waals surface area contributed by atoms with Crippen LogP contribution in [0, 0.1) is 83.1 Å². The molecule has 0 spiro atoms. The molecule has 0 nitrogen and oxygen atoms in total. The van der Waals surface area contributed by atoms with Crippen LogP contribution < -0.4 is 32.8 Å². The van der Waals surface area contributed by atoms with Crippen LogP contribution in [0.25, 0.3) is 33.0 Å². The third-order valence-electron chi connectivity index (χ3n) is 14.4. The highest BCUT2D eigenvalue weighted by Crippen LogP contribution is 2.65. The van der Waals surface area contributed by atoms with Crippen LogP contribution >= 0.6 is 10.0 Å². The Balaban J connectivity index is 1.18. The fourth-order valence-electron chi connectivity index (χ4n) is 12.2. The van der Waals surface area contributed by atoms with Crippen molar-refractivity contribution in [1.82, 2.24) is 0 Å². The van der Waals surface area contributed by atoms with Gasteiger partial charge in [-0.15, -0.1) is 0 Å². The van der Waals surface area contributed by atoms with E-state index in [1.165, 1.54) is 142 Å². The molecular weight excluding hydrogens is 774 g/mol. The van der Waals surface area contributed by atoms with Crippen LogP contribution in [-0.2, 0) is 0 Å². The van der Waals surface area contributed by atoms with Crippen molar-refractivity contribution in [3.05, 3.63) is 188 Å². The molecule has 8 aromatic rings. The highest BCUT2D eigenvalue weighted by Gasteiger charge is 2.35. The number of rotatable bonds is 7. The van der Waals surface area contributed by atoms with Crippen molar-refractivity contribution in [2.24, 2.45) is 0 Å². The average molecular weight is 837 g/mol. The molecule has 8 aromatic carbocycles.